The predicted octanol–water partition coefficient (Wildman–Crippen LogP) is 2.18. The number of aryl methyl sites for hydroxylation is 2. The van der Waals surface area contributed by atoms with Crippen LogP contribution < -0.4 is 5.73 Å². The molecule has 2 amide bonds. The topological polar surface area (TPSA) is 63.4 Å². The van der Waals surface area contributed by atoms with E-state index in [2.05, 4.69) is 5.73 Å². The van der Waals surface area contributed by atoms with E-state index in [4.69, 9.17) is 4.79 Å². The van der Waals surface area contributed by atoms with Crippen molar-refractivity contribution in [2.24, 2.45) is 5.73 Å². The van der Waals surface area contributed by atoms with Gasteiger partial charge in [-0.15, -0.1) is 0 Å². The average Bonchev–Trinajstić information content (AvgIpc) is 2.48. The minimum absolute atomic E-state index is 0.162. The summed E-state index contributed by atoms with van der Waals surface area (Å²) in [4.78, 5) is 22.4. The lowest BCUT2D eigenvalue weighted by atomic mass is 10.1. The first-order chi connectivity index (χ1) is 10.1. The molecular weight excluding hydrogens is 271 g/mol. The third kappa shape index (κ3) is 5.94. The molecule has 5 heteroatoms. The minimum Gasteiger partial charge on any atom is -0.372 e. The number of amides is 2. The number of carbonyl (C=O) groups is 2. The molecule has 1 fully saturated rings. The van der Waals surface area contributed by atoms with Gasteiger partial charge in [-0.2, -0.15) is 0 Å². The second-order valence-electron chi connectivity index (χ2n) is 5.17. The molecule has 116 valence electrons. The molecule has 1 heterocycles. The zero-order valence-electron chi connectivity index (χ0n) is 12.5. The number of rotatable bonds is 3. The number of benzene rings is 1. The fraction of sp³-hybridized carbons (Fsp3) is 0.500. The van der Waals surface area contributed by atoms with Gasteiger partial charge in [0.2, 0.25) is 12.3 Å². The van der Waals surface area contributed by atoms with E-state index in [0.717, 1.165) is 31.5 Å². The van der Waals surface area contributed by atoms with E-state index in [1.165, 1.54) is 12.5 Å². The van der Waals surface area contributed by atoms with Crippen molar-refractivity contribution in [3.63, 3.8) is 0 Å². The standard InChI is InChI=1S/C15H20FNO.CH3NO/c1-12-5-6-13(14(16)11-12)7-8-15(18)17-9-3-2-4-10-17;2-1-3/h5-6,11H,2-4,7-10H2,1H3;1H,(H2,2,3). The van der Waals surface area contributed by atoms with E-state index in [1.807, 2.05) is 17.9 Å². The third-order valence-electron chi connectivity index (χ3n) is 3.53. The van der Waals surface area contributed by atoms with Crippen LogP contribution in [-0.2, 0) is 16.0 Å². The Morgan fingerprint density at radius 3 is 2.52 bits per heavy atom. The van der Waals surface area contributed by atoms with E-state index in [1.54, 1.807) is 6.07 Å². The summed E-state index contributed by atoms with van der Waals surface area (Å²) in [5, 5.41) is 0. The molecule has 2 N–H and O–H groups in total. The molecule has 0 aliphatic carbocycles. The van der Waals surface area contributed by atoms with Gasteiger partial charge < -0.3 is 10.6 Å². The predicted molar refractivity (Wildman–Crippen MR) is 80.1 cm³/mol. The van der Waals surface area contributed by atoms with E-state index >= 15 is 0 Å². The molecular formula is C16H23FN2O2. The van der Waals surface area contributed by atoms with Crippen molar-refractivity contribution in [1.29, 1.82) is 0 Å². The summed E-state index contributed by atoms with van der Waals surface area (Å²) in [5.74, 6) is -0.0314. The molecule has 0 unspecified atom stereocenters. The first kappa shape index (κ1) is 17.1. The molecule has 0 saturated carbocycles. The lowest BCUT2D eigenvalue weighted by Gasteiger charge is -2.26. The minimum atomic E-state index is -0.193. The van der Waals surface area contributed by atoms with Crippen LogP contribution in [0.25, 0.3) is 0 Å². The van der Waals surface area contributed by atoms with Crippen molar-refractivity contribution >= 4 is 12.3 Å². The van der Waals surface area contributed by atoms with Crippen LogP contribution in [0.15, 0.2) is 18.2 Å². The Hall–Kier alpha value is -1.91. The molecule has 1 aliphatic heterocycles. The van der Waals surface area contributed by atoms with Gasteiger partial charge in [0, 0.05) is 19.5 Å². The number of carbonyl (C=O) groups excluding carboxylic acids is 2. The largest absolute Gasteiger partial charge is 0.372 e. The Bertz CT molecular complexity index is 471. The van der Waals surface area contributed by atoms with Gasteiger partial charge in [0.25, 0.3) is 0 Å². The molecule has 0 atom stereocenters. The van der Waals surface area contributed by atoms with Crippen molar-refractivity contribution in [2.75, 3.05) is 13.1 Å². The Morgan fingerprint density at radius 1 is 1.33 bits per heavy atom. The number of piperidine rings is 1. The summed E-state index contributed by atoms with van der Waals surface area (Å²) in [6, 6.07) is 5.21. The van der Waals surface area contributed by atoms with E-state index in [0.29, 0.717) is 18.4 Å². The second kappa shape index (κ2) is 9.10. The normalized spacial score (nSPS) is 14.1. The fourth-order valence-electron chi connectivity index (χ4n) is 2.40. The van der Waals surface area contributed by atoms with E-state index in [9.17, 15) is 9.18 Å². The summed E-state index contributed by atoms with van der Waals surface area (Å²) in [7, 11) is 0. The molecule has 1 aliphatic rings. The number of hydrogen-bond donors (Lipinski definition) is 1. The highest BCUT2D eigenvalue weighted by atomic mass is 19.1. The first-order valence-electron chi connectivity index (χ1n) is 7.26. The zero-order valence-corrected chi connectivity index (χ0v) is 12.5. The lowest BCUT2D eigenvalue weighted by Crippen LogP contribution is -2.35. The fourth-order valence-corrected chi connectivity index (χ4v) is 2.40. The van der Waals surface area contributed by atoms with Gasteiger partial charge in [-0.3, -0.25) is 9.59 Å². The van der Waals surface area contributed by atoms with Gasteiger partial charge in [0.1, 0.15) is 5.82 Å². The van der Waals surface area contributed by atoms with Crippen molar-refractivity contribution < 1.29 is 14.0 Å². The van der Waals surface area contributed by atoms with Crippen molar-refractivity contribution in [1.82, 2.24) is 4.90 Å². The van der Waals surface area contributed by atoms with Crippen LogP contribution in [0.5, 0.6) is 0 Å². The number of primary amides is 1. The monoisotopic (exact) mass is 294 g/mol. The Labute approximate surface area is 125 Å². The highest BCUT2D eigenvalue weighted by Gasteiger charge is 2.16. The third-order valence-corrected chi connectivity index (χ3v) is 3.53. The Morgan fingerprint density at radius 2 is 1.95 bits per heavy atom. The Kier molecular flexibility index (Phi) is 7.43. The SMILES string of the molecule is Cc1ccc(CCC(=O)N2CCCCC2)c(F)c1.NC=O. The molecule has 0 aromatic heterocycles. The van der Waals surface area contributed by atoms with Crippen molar-refractivity contribution in [2.45, 2.75) is 39.0 Å². The molecule has 1 aromatic carbocycles. The van der Waals surface area contributed by atoms with Crippen LogP contribution >= 0.6 is 0 Å². The number of likely N-dealkylation sites (tertiary alicyclic amines) is 1. The summed E-state index contributed by atoms with van der Waals surface area (Å²) >= 11 is 0. The molecule has 1 saturated heterocycles. The van der Waals surface area contributed by atoms with Gasteiger partial charge in [-0.05, 0) is 49.8 Å². The lowest BCUT2D eigenvalue weighted by molar-refractivity contribution is -0.132. The highest BCUT2D eigenvalue weighted by Crippen LogP contribution is 2.14. The number of halogens is 1. The van der Waals surface area contributed by atoms with E-state index in [-0.39, 0.29) is 18.1 Å². The maximum Gasteiger partial charge on any atom is 0.222 e. The Balaban J connectivity index is 0.000000677. The first-order valence-corrected chi connectivity index (χ1v) is 7.26. The summed E-state index contributed by atoms with van der Waals surface area (Å²) < 4.78 is 13.6. The molecule has 0 bridgehead atoms. The van der Waals surface area contributed by atoms with Gasteiger partial charge in [0.15, 0.2) is 0 Å². The van der Waals surface area contributed by atoms with Gasteiger partial charge >= 0.3 is 0 Å². The highest BCUT2D eigenvalue weighted by molar-refractivity contribution is 5.76. The molecule has 0 spiro atoms. The van der Waals surface area contributed by atoms with Crippen molar-refractivity contribution in [3.05, 3.63) is 35.1 Å². The summed E-state index contributed by atoms with van der Waals surface area (Å²) in [6.45, 7) is 3.61. The molecule has 4 nitrogen and oxygen atoms in total. The van der Waals surface area contributed by atoms with Crippen LogP contribution in [0, 0.1) is 12.7 Å². The summed E-state index contributed by atoms with van der Waals surface area (Å²) in [5.41, 5.74) is 5.73. The van der Waals surface area contributed by atoms with Gasteiger partial charge in [0.05, 0.1) is 0 Å². The number of nitrogens with zero attached hydrogens (tertiary/aromatic N) is 1. The maximum atomic E-state index is 13.6. The van der Waals surface area contributed by atoms with Crippen LogP contribution in [-0.4, -0.2) is 30.3 Å². The van der Waals surface area contributed by atoms with Crippen molar-refractivity contribution in [3.8, 4) is 0 Å². The van der Waals surface area contributed by atoms with Crippen LogP contribution in [0.1, 0.15) is 36.8 Å². The smallest absolute Gasteiger partial charge is 0.222 e. The summed E-state index contributed by atoms with van der Waals surface area (Å²) in [6.07, 6.45) is 4.59. The second-order valence-corrected chi connectivity index (χ2v) is 5.17. The van der Waals surface area contributed by atoms with Crippen LogP contribution in [0.3, 0.4) is 0 Å². The number of hydrogen-bond acceptors (Lipinski definition) is 2. The van der Waals surface area contributed by atoms with Crippen LogP contribution in [0.4, 0.5) is 4.39 Å². The molecule has 0 radical (unpaired) electrons. The maximum absolute atomic E-state index is 13.6. The molecule has 1 aromatic rings. The van der Waals surface area contributed by atoms with Gasteiger partial charge in [-0.25, -0.2) is 4.39 Å². The zero-order chi connectivity index (χ0) is 15.7. The number of nitrogens with two attached hydrogens (primary N) is 1. The molecule has 21 heavy (non-hydrogen) atoms. The average molecular weight is 294 g/mol. The van der Waals surface area contributed by atoms with Gasteiger partial charge in [-0.1, -0.05) is 12.1 Å². The molecule has 2 rings (SSSR count). The quantitative estimate of drug-likeness (QED) is 0.868. The van der Waals surface area contributed by atoms with Crippen LogP contribution in [0.2, 0.25) is 0 Å². The van der Waals surface area contributed by atoms with E-state index < -0.39 is 0 Å².